The molecule has 0 radical (unpaired) electrons. The van der Waals surface area contributed by atoms with Crippen LogP contribution in [-0.2, 0) is 11.4 Å². The lowest BCUT2D eigenvalue weighted by molar-refractivity contribution is -0.121. The van der Waals surface area contributed by atoms with Crippen molar-refractivity contribution in [3.63, 3.8) is 0 Å². The van der Waals surface area contributed by atoms with Crippen LogP contribution in [0.25, 0.3) is 0 Å². The quantitative estimate of drug-likeness (QED) is 0.300. The van der Waals surface area contributed by atoms with E-state index in [0.717, 1.165) is 28.0 Å². The second-order valence-electron chi connectivity index (χ2n) is 7.34. The van der Waals surface area contributed by atoms with E-state index in [4.69, 9.17) is 4.74 Å². The molecule has 32 heavy (non-hydrogen) atoms. The summed E-state index contributed by atoms with van der Waals surface area (Å²) in [5.74, 6) is 0.126. The number of benzene rings is 4. The van der Waals surface area contributed by atoms with Crippen LogP contribution >= 0.6 is 0 Å². The van der Waals surface area contributed by atoms with Gasteiger partial charge in [0.2, 0.25) is 0 Å². The molecule has 0 saturated heterocycles. The van der Waals surface area contributed by atoms with E-state index in [1.54, 1.807) is 6.21 Å². The number of nitrogens with zero attached hydrogens (tertiary/aromatic N) is 1. The van der Waals surface area contributed by atoms with Gasteiger partial charge < -0.3 is 4.74 Å². The molecule has 0 fully saturated rings. The SMILES string of the molecule is O=C(NN=Cc1cccc(OCc2ccccc2)c1)C(c1ccccc1)c1ccccc1. The van der Waals surface area contributed by atoms with Crippen molar-refractivity contribution >= 4 is 12.1 Å². The molecule has 0 aromatic heterocycles. The molecular formula is C28H24N2O2. The van der Waals surface area contributed by atoms with Crippen molar-refractivity contribution in [3.05, 3.63) is 138 Å². The third-order valence-corrected chi connectivity index (χ3v) is 5.02. The van der Waals surface area contributed by atoms with Crippen molar-refractivity contribution in [2.24, 2.45) is 5.10 Å². The minimum atomic E-state index is -0.435. The Kier molecular flexibility index (Phi) is 7.06. The van der Waals surface area contributed by atoms with E-state index in [1.165, 1.54) is 0 Å². The monoisotopic (exact) mass is 420 g/mol. The van der Waals surface area contributed by atoms with E-state index >= 15 is 0 Å². The molecule has 0 atom stereocenters. The topological polar surface area (TPSA) is 50.7 Å². The van der Waals surface area contributed by atoms with Crippen LogP contribution in [0.2, 0.25) is 0 Å². The Bertz CT molecular complexity index is 1120. The molecule has 4 rings (SSSR count). The zero-order valence-corrected chi connectivity index (χ0v) is 17.6. The van der Waals surface area contributed by atoms with Crippen molar-refractivity contribution in [2.75, 3.05) is 0 Å². The van der Waals surface area contributed by atoms with Crippen molar-refractivity contribution < 1.29 is 9.53 Å². The second-order valence-corrected chi connectivity index (χ2v) is 7.34. The number of hydrazone groups is 1. The second kappa shape index (κ2) is 10.7. The lowest BCUT2D eigenvalue weighted by atomic mass is 9.91. The van der Waals surface area contributed by atoms with Crippen LogP contribution in [-0.4, -0.2) is 12.1 Å². The van der Waals surface area contributed by atoms with Crippen LogP contribution < -0.4 is 10.2 Å². The van der Waals surface area contributed by atoms with Gasteiger partial charge in [0.1, 0.15) is 12.4 Å². The summed E-state index contributed by atoms with van der Waals surface area (Å²) in [4.78, 5) is 13.0. The first-order chi connectivity index (χ1) is 15.8. The van der Waals surface area contributed by atoms with Gasteiger partial charge >= 0.3 is 0 Å². The summed E-state index contributed by atoms with van der Waals surface area (Å²) in [7, 11) is 0. The Morgan fingerprint density at radius 1 is 0.781 bits per heavy atom. The van der Waals surface area contributed by atoms with Crippen LogP contribution in [0.3, 0.4) is 0 Å². The van der Waals surface area contributed by atoms with Crippen molar-refractivity contribution in [2.45, 2.75) is 12.5 Å². The third-order valence-electron chi connectivity index (χ3n) is 5.02. The summed E-state index contributed by atoms with van der Waals surface area (Å²) in [6.45, 7) is 0.494. The normalized spacial score (nSPS) is 10.9. The Hall–Kier alpha value is -4.18. The predicted molar refractivity (Wildman–Crippen MR) is 128 cm³/mol. The number of ether oxygens (including phenoxy) is 1. The summed E-state index contributed by atoms with van der Waals surface area (Å²) >= 11 is 0. The molecule has 1 N–H and O–H groups in total. The fourth-order valence-corrected chi connectivity index (χ4v) is 3.45. The standard InChI is InChI=1S/C28H24N2O2/c31-28(27(24-14-6-2-7-15-24)25-16-8-3-9-17-25)30-29-20-23-13-10-18-26(19-23)32-21-22-11-4-1-5-12-22/h1-20,27H,21H2,(H,30,31). The van der Waals surface area contributed by atoms with E-state index in [-0.39, 0.29) is 5.91 Å². The highest BCUT2D eigenvalue weighted by Crippen LogP contribution is 2.24. The van der Waals surface area contributed by atoms with E-state index in [1.807, 2.05) is 115 Å². The smallest absolute Gasteiger partial charge is 0.252 e. The Morgan fingerprint density at radius 3 is 2.00 bits per heavy atom. The van der Waals surface area contributed by atoms with Gasteiger partial charge in [-0.05, 0) is 34.4 Å². The van der Waals surface area contributed by atoms with Crippen LogP contribution in [0.1, 0.15) is 28.2 Å². The maximum atomic E-state index is 13.0. The molecule has 0 aliphatic rings. The van der Waals surface area contributed by atoms with Gasteiger partial charge in [-0.15, -0.1) is 0 Å². The van der Waals surface area contributed by atoms with E-state index in [2.05, 4.69) is 10.5 Å². The number of carbonyl (C=O) groups excluding carboxylic acids is 1. The molecule has 0 spiro atoms. The molecule has 4 heteroatoms. The van der Waals surface area contributed by atoms with Crippen LogP contribution in [0, 0.1) is 0 Å². The summed E-state index contributed by atoms with van der Waals surface area (Å²) in [6.07, 6.45) is 1.63. The van der Waals surface area contributed by atoms with E-state index in [0.29, 0.717) is 6.61 Å². The Morgan fingerprint density at radius 2 is 1.38 bits per heavy atom. The lowest BCUT2D eigenvalue weighted by Gasteiger charge is -2.16. The van der Waals surface area contributed by atoms with Gasteiger partial charge in [-0.25, -0.2) is 5.43 Å². The first-order valence-corrected chi connectivity index (χ1v) is 10.5. The number of amides is 1. The zero-order valence-electron chi connectivity index (χ0n) is 17.6. The molecular weight excluding hydrogens is 396 g/mol. The fourth-order valence-electron chi connectivity index (χ4n) is 3.45. The van der Waals surface area contributed by atoms with Gasteiger partial charge in [0.25, 0.3) is 5.91 Å². The predicted octanol–water partition coefficient (Wildman–Crippen LogP) is 5.55. The van der Waals surface area contributed by atoms with Gasteiger partial charge in [0.05, 0.1) is 12.1 Å². The molecule has 4 nitrogen and oxygen atoms in total. The summed E-state index contributed by atoms with van der Waals surface area (Å²) in [6, 6.07) is 37.0. The number of rotatable bonds is 8. The maximum absolute atomic E-state index is 13.0. The van der Waals surface area contributed by atoms with Crippen LogP contribution in [0.15, 0.2) is 120 Å². The highest BCUT2D eigenvalue weighted by atomic mass is 16.5. The van der Waals surface area contributed by atoms with Gasteiger partial charge in [-0.1, -0.05) is 103 Å². The van der Waals surface area contributed by atoms with Gasteiger partial charge in [0, 0.05) is 0 Å². The highest BCUT2D eigenvalue weighted by Gasteiger charge is 2.22. The molecule has 0 heterocycles. The minimum Gasteiger partial charge on any atom is -0.489 e. The molecule has 0 unspecified atom stereocenters. The highest BCUT2D eigenvalue weighted by molar-refractivity contribution is 5.88. The molecule has 158 valence electrons. The number of hydrogen-bond donors (Lipinski definition) is 1. The molecule has 0 saturated carbocycles. The summed E-state index contributed by atoms with van der Waals surface area (Å²) in [5, 5.41) is 4.19. The first kappa shape index (κ1) is 21.1. The Balaban J connectivity index is 1.43. The van der Waals surface area contributed by atoms with Gasteiger partial charge in [0.15, 0.2) is 0 Å². The number of carbonyl (C=O) groups is 1. The molecule has 0 aliphatic heterocycles. The zero-order chi connectivity index (χ0) is 22.0. The number of nitrogens with one attached hydrogen (secondary N) is 1. The summed E-state index contributed by atoms with van der Waals surface area (Å²) < 4.78 is 5.87. The third kappa shape index (κ3) is 5.70. The van der Waals surface area contributed by atoms with Crippen molar-refractivity contribution in [1.82, 2.24) is 5.43 Å². The minimum absolute atomic E-state index is 0.185. The van der Waals surface area contributed by atoms with Gasteiger partial charge in [-0.2, -0.15) is 5.10 Å². The van der Waals surface area contributed by atoms with Gasteiger partial charge in [-0.3, -0.25) is 4.79 Å². The van der Waals surface area contributed by atoms with E-state index < -0.39 is 5.92 Å². The van der Waals surface area contributed by atoms with Crippen molar-refractivity contribution in [3.8, 4) is 5.75 Å². The first-order valence-electron chi connectivity index (χ1n) is 10.5. The van der Waals surface area contributed by atoms with E-state index in [9.17, 15) is 4.79 Å². The Labute approximate surface area is 188 Å². The largest absolute Gasteiger partial charge is 0.489 e. The molecule has 4 aromatic rings. The fraction of sp³-hybridized carbons (Fsp3) is 0.0714. The van der Waals surface area contributed by atoms with Crippen LogP contribution in [0.4, 0.5) is 0 Å². The average molecular weight is 421 g/mol. The molecule has 0 aliphatic carbocycles. The molecule has 4 aromatic carbocycles. The number of hydrogen-bond acceptors (Lipinski definition) is 3. The molecule has 1 amide bonds. The maximum Gasteiger partial charge on any atom is 0.252 e. The average Bonchev–Trinajstić information content (AvgIpc) is 2.85. The molecule has 0 bridgehead atoms. The van der Waals surface area contributed by atoms with Crippen LogP contribution in [0.5, 0.6) is 5.75 Å². The summed E-state index contributed by atoms with van der Waals surface area (Å²) in [5.41, 5.74) is 6.48. The van der Waals surface area contributed by atoms with Crippen molar-refractivity contribution in [1.29, 1.82) is 0 Å². The lowest BCUT2D eigenvalue weighted by Crippen LogP contribution is -2.26.